The minimum absolute atomic E-state index is 0.0218. The van der Waals surface area contributed by atoms with Crippen LogP contribution in [0.15, 0.2) is 48.5 Å². The molecule has 3 rings (SSSR count). The molecule has 1 fully saturated rings. The van der Waals surface area contributed by atoms with Crippen molar-refractivity contribution < 1.29 is 14.3 Å². The molecular weight excluding hydrogens is 304 g/mol. The van der Waals surface area contributed by atoms with Crippen molar-refractivity contribution in [3.63, 3.8) is 0 Å². The molecule has 1 heterocycles. The topological polar surface area (TPSA) is 64.8 Å². The molecule has 24 heavy (non-hydrogen) atoms. The Morgan fingerprint density at radius 3 is 2.79 bits per heavy atom. The molecule has 0 saturated carbocycles. The largest absolute Gasteiger partial charge is 0.487 e. The summed E-state index contributed by atoms with van der Waals surface area (Å²) in [5, 5.41) is 0. The minimum Gasteiger partial charge on any atom is -0.487 e. The van der Waals surface area contributed by atoms with Crippen LogP contribution in [0.3, 0.4) is 0 Å². The van der Waals surface area contributed by atoms with Gasteiger partial charge in [-0.1, -0.05) is 30.3 Å². The average molecular weight is 326 g/mol. The fourth-order valence-electron chi connectivity index (χ4n) is 2.73. The Morgan fingerprint density at radius 1 is 1.29 bits per heavy atom. The highest BCUT2D eigenvalue weighted by Gasteiger charge is 2.22. The van der Waals surface area contributed by atoms with E-state index in [1.165, 1.54) is 0 Å². The van der Waals surface area contributed by atoms with Crippen molar-refractivity contribution in [1.29, 1.82) is 0 Å². The van der Waals surface area contributed by atoms with Gasteiger partial charge in [0.25, 0.3) is 5.91 Å². The summed E-state index contributed by atoms with van der Waals surface area (Å²) in [5.41, 5.74) is 8.18. The van der Waals surface area contributed by atoms with Gasteiger partial charge in [0.05, 0.1) is 18.4 Å². The van der Waals surface area contributed by atoms with Crippen molar-refractivity contribution in [2.45, 2.75) is 19.6 Å². The van der Waals surface area contributed by atoms with Crippen LogP contribution in [0, 0.1) is 0 Å². The van der Waals surface area contributed by atoms with E-state index in [2.05, 4.69) is 0 Å². The third kappa shape index (κ3) is 3.86. The molecule has 0 bridgehead atoms. The fourth-order valence-corrected chi connectivity index (χ4v) is 2.73. The number of amides is 1. The molecule has 1 aliphatic rings. The number of carbonyl (C=O) groups excluding carboxylic acids is 1. The van der Waals surface area contributed by atoms with Gasteiger partial charge in [0.15, 0.2) is 0 Å². The first-order valence-corrected chi connectivity index (χ1v) is 8.10. The van der Waals surface area contributed by atoms with E-state index >= 15 is 0 Å². The maximum absolute atomic E-state index is 12.6. The predicted molar refractivity (Wildman–Crippen MR) is 92.9 cm³/mol. The quantitative estimate of drug-likeness (QED) is 0.878. The van der Waals surface area contributed by atoms with Gasteiger partial charge in [-0.05, 0) is 30.7 Å². The van der Waals surface area contributed by atoms with E-state index in [9.17, 15) is 4.79 Å². The maximum Gasteiger partial charge on any atom is 0.254 e. The third-order valence-corrected chi connectivity index (χ3v) is 4.02. The molecule has 5 nitrogen and oxygen atoms in total. The number of rotatable bonds is 4. The van der Waals surface area contributed by atoms with Crippen LogP contribution in [-0.4, -0.2) is 36.6 Å². The van der Waals surface area contributed by atoms with Crippen molar-refractivity contribution >= 4 is 11.6 Å². The summed E-state index contributed by atoms with van der Waals surface area (Å²) in [6.45, 7) is 4.19. The van der Waals surface area contributed by atoms with E-state index in [4.69, 9.17) is 15.2 Å². The number of morpholine rings is 1. The van der Waals surface area contributed by atoms with Gasteiger partial charge >= 0.3 is 0 Å². The molecule has 1 saturated heterocycles. The molecule has 1 atom stereocenters. The lowest BCUT2D eigenvalue weighted by Gasteiger charge is -2.31. The predicted octanol–water partition coefficient (Wildman–Crippen LogP) is 2.71. The highest BCUT2D eigenvalue weighted by atomic mass is 16.5. The first kappa shape index (κ1) is 16.3. The van der Waals surface area contributed by atoms with Gasteiger partial charge in [-0.2, -0.15) is 0 Å². The number of hydrogen-bond donors (Lipinski definition) is 1. The summed E-state index contributed by atoms with van der Waals surface area (Å²) in [5.74, 6) is 0.567. The number of nitrogen functional groups attached to an aromatic ring is 1. The van der Waals surface area contributed by atoms with Gasteiger partial charge in [-0.3, -0.25) is 4.79 Å². The lowest BCUT2D eigenvalue weighted by molar-refractivity contribution is -0.0124. The Hall–Kier alpha value is -2.53. The third-order valence-electron chi connectivity index (χ3n) is 4.02. The normalized spacial score (nSPS) is 17.5. The summed E-state index contributed by atoms with van der Waals surface area (Å²) in [4.78, 5) is 14.4. The summed E-state index contributed by atoms with van der Waals surface area (Å²) < 4.78 is 11.2. The van der Waals surface area contributed by atoms with Gasteiger partial charge in [0.1, 0.15) is 12.4 Å². The van der Waals surface area contributed by atoms with Crippen LogP contribution < -0.4 is 10.5 Å². The van der Waals surface area contributed by atoms with Gasteiger partial charge < -0.3 is 20.1 Å². The Labute approximate surface area is 142 Å². The van der Waals surface area contributed by atoms with Gasteiger partial charge in [-0.25, -0.2) is 0 Å². The number of benzene rings is 2. The fraction of sp³-hybridized carbons (Fsp3) is 0.316. The first-order chi connectivity index (χ1) is 11.6. The van der Waals surface area contributed by atoms with E-state index in [-0.39, 0.29) is 12.0 Å². The van der Waals surface area contributed by atoms with Gasteiger partial charge in [0, 0.05) is 18.7 Å². The molecule has 126 valence electrons. The zero-order valence-electron chi connectivity index (χ0n) is 13.8. The first-order valence-electron chi connectivity index (χ1n) is 8.10. The molecule has 2 N–H and O–H groups in total. The monoisotopic (exact) mass is 326 g/mol. The Morgan fingerprint density at radius 2 is 2.08 bits per heavy atom. The van der Waals surface area contributed by atoms with Crippen molar-refractivity contribution in [2.24, 2.45) is 0 Å². The van der Waals surface area contributed by atoms with Gasteiger partial charge in [-0.15, -0.1) is 0 Å². The number of nitrogens with zero attached hydrogens (tertiary/aromatic N) is 1. The molecule has 0 aromatic heterocycles. The van der Waals surface area contributed by atoms with E-state index in [1.807, 2.05) is 37.3 Å². The summed E-state index contributed by atoms with van der Waals surface area (Å²) in [6.07, 6.45) is 0.0634. The number of nitrogens with two attached hydrogens (primary N) is 1. The molecule has 2 aromatic rings. The van der Waals surface area contributed by atoms with Crippen LogP contribution in [0.1, 0.15) is 22.8 Å². The SMILES string of the molecule is CC1CN(C(=O)c2ccc(OCc3ccccc3)c(N)c2)CCO1. The zero-order chi connectivity index (χ0) is 16.9. The maximum atomic E-state index is 12.6. The molecule has 5 heteroatoms. The number of ether oxygens (including phenoxy) is 2. The minimum atomic E-state index is -0.0218. The molecular formula is C19H22N2O3. The molecule has 1 amide bonds. The Balaban J connectivity index is 1.66. The molecule has 0 spiro atoms. The van der Waals surface area contributed by atoms with Gasteiger partial charge in [0.2, 0.25) is 0 Å². The second-order valence-corrected chi connectivity index (χ2v) is 5.96. The van der Waals surface area contributed by atoms with Crippen LogP contribution >= 0.6 is 0 Å². The molecule has 1 unspecified atom stereocenters. The highest BCUT2D eigenvalue weighted by molar-refractivity contribution is 5.95. The zero-order valence-corrected chi connectivity index (χ0v) is 13.8. The molecule has 0 aliphatic carbocycles. The second-order valence-electron chi connectivity index (χ2n) is 5.96. The Bertz CT molecular complexity index is 703. The number of carbonyl (C=O) groups is 1. The van der Waals surface area contributed by atoms with Crippen LogP contribution in [0.4, 0.5) is 5.69 Å². The molecule has 0 radical (unpaired) electrons. The number of anilines is 1. The highest BCUT2D eigenvalue weighted by Crippen LogP contribution is 2.24. The smallest absolute Gasteiger partial charge is 0.254 e. The lowest BCUT2D eigenvalue weighted by atomic mass is 10.1. The van der Waals surface area contributed by atoms with E-state index in [0.29, 0.717) is 43.3 Å². The van der Waals surface area contributed by atoms with Crippen molar-refractivity contribution in [3.8, 4) is 5.75 Å². The van der Waals surface area contributed by atoms with Crippen molar-refractivity contribution in [3.05, 3.63) is 59.7 Å². The average Bonchev–Trinajstić information content (AvgIpc) is 2.61. The molecule has 1 aliphatic heterocycles. The van der Waals surface area contributed by atoms with Crippen LogP contribution in [0.25, 0.3) is 0 Å². The standard InChI is InChI=1S/C19H22N2O3/c1-14-12-21(9-10-23-14)19(22)16-7-8-18(17(20)11-16)24-13-15-5-3-2-4-6-15/h2-8,11,14H,9-10,12-13,20H2,1H3. The summed E-state index contributed by atoms with van der Waals surface area (Å²) in [6, 6.07) is 15.1. The van der Waals surface area contributed by atoms with Crippen LogP contribution in [-0.2, 0) is 11.3 Å². The summed E-state index contributed by atoms with van der Waals surface area (Å²) >= 11 is 0. The van der Waals surface area contributed by atoms with Crippen LogP contribution in [0.5, 0.6) is 5.75 Å². The Kier molecular flexibility index (Phi) is 5.01. The van der Waals surface area contributed by atoms with E-state index in [0.717, 1.165) is 5.56 Å². The number of hydrogen-bond acceptors (Lipinski definition) is 4. The van der Waals surface area contributed by atoms with E-state index < -0.39 is 0 Å². The second kappa shape index (κ2) is 7.36. The van der Waals surface area contributed by atoms with Crippen LogP contribution in [0.2, 0.25) is 0 Å². The summed E-state index contributed by atoms with van der Waals surface area (Å²) in [7, 11) is 0. The van der Waals surface area contributed by atoms with Crippen molar-refractivity contribution in [1.82, 2.24) is 4.90 Å². The lowest BCUT2D eigenvalue weighted by Crippen LogP contribution is -2.44. The van der Waals surface area contributed by atoms with Crippen molar-refractivity contribution in [2.75, 3.05) is 25.4 Å². The molecule has 2 aromatic carbocycles. The van der Waals surface area contributed by atoms with E-state index in [1.54, 1.807) is 23.1 Å².